The molecule has 2 atom stereocenters. The Balaban J connectivity index is 1.73. The van der Waals surface area contributed by atoms with Gasteiger partial charge in [0.2, 0.25) is 5.91 Å². The van der Waals surface area contributed by atoms with Crippen molar-refractivity contribution in [1.82, 2.24) is 10.6 Å². The molecule has 0 aromatic carbocycles. The molecule has 116 valence electrons. The van der Waals surface area contributed by atoms with Crippen LogP contribution in [0.2, 0.25) is 0 Å². The van der Waals surface area contributed by atoms with Crippen LogP contribution in [0.5, 0.6) is 0 Å². The van der Waals surface area contributed by atoms with Crippen molar-refractivity contribution >= 4 is 5.91 Å². The quantitative estimate of drug-likeness (QED) is 0.699. The van der Waals surface area contributed by atoms with Crippen LogP contribution in [-0.2, 0) is 9.53 Å². The number of amides is 1. The predicted octanol–water partition coefficient (Wildman–Crippen LogP) is 0.811. The van der Waals surface area contributed by atoms with E-state index in [-0.39, 0.29) is 18.1 Å². The summed E-state index contributed by atoms with van der Waals surface area (Å²) in [6, 6.07) is -0.185. The summed E-state index contributed by atoms with van der Waals surface area (Å²) < 4.78 is 5.24. The molecule has 1 aliphatic heterocycles. The van der Waals surface area contributed by atoms with Crippen molar-refractivity contribution in [2.75, 3.05) is 20.2 Å². The second-order valence-electron chi connectivity index (χ2n) is 6.35. The SMILES string of the molecule is CCC1CCC(O)(CNC(=O)C2CC(OC)CN2)CC1. The van der Waals surface area contributed by atoms with Crippen LogP contribution < -0.4 is 10.6 Å². The van der Waals surface area contributed by atoms with Gasteiger partial charge in [0.15, 0.2) is 0 Å². The molecule has 2 rings (SSSR count). The molecule has 0 radical (unpaired) electrons. The molecule has 0 bridgehead atoms. The standard InChI is InChI=1S/C15H28N2O3/c1-3-11-4-6-15(19,7-5-11)10-17-14(18)13-8-12(20-2)9-16-13/h11-13,16,19H,3-10H2,1-2H3,(H,17,18). The van der Waals surface area contributed by atoms with Crippen molar-refractivity contribution in [1.29, 1.82) is 0 Å². The normalized spacial score (nSPS) is 37.9. The number of nitrogens with one attached hydrogen (secondary N) is 2. The Hall–Kier alpha value is -0.650. The minimum absolute atomic E-state index is 0.0180. The van der Waals surface area contributed by atoms with Gasteiger partial charge in [-0.3, -0.25) is 4.79 Å². The maximum atomic E-state index is 12.1. The Labute approximate surface area is 121 Å². The van der Waals surface area contributed by atoms with E-state index in [9.17, 15) is 9.90 Å². The molecule has 5 heteroatoms. The second-order valence-corrected chi connectivity index (χ2v) is 6.35. The van der Waals surface area contributed by atoms with Crippen LogP contribution in [0.25, 0.3) is 0 Å². The molecular formula is C15H28N2O3. The van der Waals surface area contributed by atoms with Crippen molar-refractivity contribution in [2.45, 2.75) is 63.2 Å². The van der Waals surface area contributed by atoms with Gasteiger partial charge in [-0.25, -0.2) is 0 Å². The van der Waals surface area contributed by atoms with E-state index < -0.39 is 5.60 Å². The van der Waals surface area contributed by atoms with Gasteiger partial charge in [0.25, 0.3) is 0 Å². The van der Waals surface area contributed by atoms with E-state index in [2.05, 4.69) is 17.6 Å². The largest absolute Gasteiger partial charge is 0.388 e. The summed E-state index contributed by atoms with van der Waals surface area (Å²) in [6.07, 6.45) is 5.74. The lowest BCUT2D eigenvalue weighted by Gasteiger charge is -2.36. The van der Waals surface area contributed by atoms with E-state index in [0.29, 0.717) is 13.0 Å². The molecule has 5 nitrogen and oxygen atoms in total. The van der Waals surface area contributed by atoms with E-state index in [1.165, 1.54) is 6.42 Å². The van der Waals surface area contributed by atoms with Gasteiger partial charge < -0.3 is 20.5 Å². The highest BCUT2D eigenvalue weighted by Crippen LogP contribution is 2.33. The highest BCUT2D eigenvalue weighted by molar-refractivity contribution is 5.82. The summed E-state index contributed by atoms with van der Waals surface area (Å²) in [5.41, 5.74) is -0.708. The zero-order valence-electron chi connectivity index (χ0n) is 12.7. The summed E-state index contributed by atoms with van der Waals surface area (Å²) in [5.74, 6) is 0.723. The third-order valence-electron chi connectivity index (χ3n) is 4.95. The Bertz CT molecular complexity index is 327. The molecular weight excluding hydrogens is 256 g/mol. The van der Waals surface area contributed by atoms with Gasteiger partial charge in [-0.2, -0.15) is 0 Å². The zero-order valence-corrected chi connectivity index (χ0v) is 12.7. The first-order chi connectivity index (χ1) is 9.56. The van der Waals surface area contributed by atoms with Gasteiger partial charge in [-0.1, -0.05) is 13.3 Å². The summed E-state index contributed by atoms with van der Waals surface area (Å²) in [4.78, 5) is 12.1. The van der Waals surface area contributed by atoms with Crippen LogP contribution in [0.1, 0.15) is 45.4 Å². The average Bonchev–Trinajstić information content (AvgIpc) is 2.95. The number of hydrogen-bond acceptors (Lipinski definition) is 4. The van der Waals surface area contributed by atoms with Crippen molar-refractivity contribution in [3.05, 3.63) is 0 Å². The van der Waals surface area contributed by atoms with E-state index in [4.69, 9.17) is 4.74 Å². The lowest BCUT2D eigenvalue weighted by molar-refractivity contribution is -0.124. The lowest BCUT2D eigenvalue weighted by Crippen LogP contribution is -2.49. The molecule has 1 aliphatic carbocycles. The van der Waals surface area contributed by atoms with Gasteiger partial charge in [0, 0.05) is 20.2 Å². The Kier molecular flexibility index (Phi) is 5.41. The van der Waals surface area contributed by atoms with Crippen LogP contribution in [0.4, 0.5) is 0 Å². The number of ether oxygens (including phenoxy) is 1. The number of carbonyl (C=O) groups excluding carboxylic acids is 1. The molecule has 1 amide bonds. The first-order valence-corrected chi connectivity index (χ1v) is 7.82. The molecule has 3 N–H and O–H groups in total. The number of rotatable bonds is 5. The van der Waals surface area contributed by atoms with E-state index in [1.54, 1.807) is 7.11 Å². The number of hydrogen-bond donors (Lipinski definition) is 3. The topological polar surface area (TPSA) is 70.6 Å². The van der Waals surface area contributed by atoms with Crippen LogP contribution in [-0.4, -0.2) is 49.0 Å². The molecule has 1 saturated carbocycles. The summed E-state index contributed by atoms with van der Waals surface area (Å²) in [7, 11) is 1.67. The Morgan fingerprint density at radius 1 is 1.45 bits per heavy atom. The first-order valence-electron chi connectivity index (χ1n) is 7.82. The lowest BCUT2D eigenvalue weighted by atomic mass is 9.78. The summed E-state index contributed by atoms with van der Waals surface area (Å²) in [5, 5.41) is 16.6. The maximum Gasteiger partial charge on any atom is 0.237 e. The Morgan fingerprint density at radius 2 is 2.15 bits per heavy atom. The molecule has 0 aromatic heterocycles. The van der Waals surface area contributed by atoms with E-state index >= 15 is 0 Å². The molecule has 1 heterocycles. The van der Waals surface area contributed by atoms with Crippen molar-refractivity contribution in [3.63, 3.8) is 0 Å². The van der Waals surface area contributed by atoms with E-state index in [1.807, 2.05) is 0 Å². The van der Waals surface area contributed by atoms with Gasteiger partial charge in [-0.15, -0.1) is 0 Å². The average molecular weight is 284 g/mol. The van der Waals surface area contributed by atoms with Gasteiger partial charge in [0.1, 0.15) is 0 Å². The summed E-state index contributed by atoms with van der Waals surface area (Å²) in [6.45, 7) is 3.30. The number of methoxy groups -OCH3 is 1. The molecule has 20 heavy (non-hydrogen) atoms. The van der Waals surface area contributed by atoms with Crippen LogP contribution in [0, 0.1) is 5.92 Å². The number of aliphatic hydroxyl groups is 1. The molecule has 2 aliphatic rings. The van der Waals surface area contributed by atoms with Crippen LogP contribution in [0.15, 0.2) is 0 Å². The highest BCUT2D eigenvalue weighted by atomic mass is 16.5. The Morgan fingerprint density at radius 3 is 2.70 bits per heavy atom. The fourth-order valence-corrected chi connectivity index (χ4v) is 3.26. The van der Waals surface area contributed by atoms with E-state index in [0.717, 1.165) is 38.1 Å². The van der Waals surface area contributed by atoms with Crippen molar-refractivity contribution < 1.29 is 14.6 Å². The monoisotopic (exact) mass is 284 g/mol. The van der Waals surface area contributed by atoms with Gasteiger partial charge in [0.05, 0.1) is 17.7 Å². The second kappa shape index (κ2) is 6.87. The van der Waals surface area contributed by atoms with Gasteiger partial charge in [-0.05, 0) is 38.0 Å². The fourth-order valence-electron chi connectivity index (χ4n) is 3.26. The third kappa shape index (κ3) is 3.93. The predicted molar refractivity (Wildman–Crippen MR) is 77.4 cm³/mol. The molecule has 2 unspecified atom stereocenters. The molecule has 1 saturated heterocycles. The molecule has 0 spiro atoms. The minimum atomic E-state index is -0.708. The molecule has 0 aromatic rings. The molecule has 2 fully saturated rings. The summed E-state index contributed by atoms with van der Waals surface area (Å²) >= 11 is 0. The smallest absolute Gasteiger partial charge is 0.237 e. The van der Waals surface area contributed by atoms with Crippen molar-refractivity contribution in [3.8, 4) is 0 Å². The van der Waals surface area contributed by atoms with Crippen molar-refractivity contribution in [2.24, 2.45) is 5.92 Å². The van der Waals surface area contributed by atoms with Crippen LogP contribution >= 0.6 is 0 Å². The van der Waals surface area contributed by atoms with Gasteiger partial charge >= 0.3 is 0 Å². The minimum Gasteiger partial charge on any atom is -0.388 e. The zero-order chi connectivity index (χ0) is 14.6. The first kappa shape index (κ1) is 15.7. The maximum absolute atomic E-state index is 12.1. The number of carbonyl (C=O) groups is 1. The third-order valence-corrected chi connectivity index (χ3v) is 4.95. The highest BCUT2D eigenvalue weighted by Gasteiger charge is 2.35. The van der Waals surface area contributed by atoms with Crippen LogP contribution in [0.3, 0.4) is 0 Å². The fraction of sp³-hybridized carbons (Fsp3) is 0.933.